The van der Waals surface area contributed by atoms with Crippen molar-refractivity contribution in [2.75, 3.05) is 46.0 Å². The molecule has 0 radical (unpaired) electrons. The Hall–Kier alpha value is -2.87. The molecule has 1 fully saturated rings. The van der Waals surface area contributed by atoms with Gasteiger partial charge < -0.3 is 14.4 Å². The first kappa shape index (κ1) is 22.9. The van der Waals surface area contributed by atoms with E-state index in [4.69, 9.17) is 21.1 Å². The highest BCUT2D eigenvalue weighted by Crippen LogP contribution is 2.43. The van der Waals surface area contributed by atoms with Crippen LogP contribution in [0.2, 0.25) is 5.02 Å². The quantitative estimate of drug-likeness (QED) is 0.517. The van der Waals surface area contributed by atoms with Gasteiger partial charge in [-0.1, -0.05) is 42.8 Å². The highest BCUT2D eigenvalue weighted by molar-refractivity contribution is 6.30. The number of ether oxygens (including phenoxy) is 2. The van der Waals surface area contributed by atoms with Crippen LogP contribution in [0.4, 0.5) is 0 Å². The lowest BCUT2D eigenvalue weighted by Gasteiger charge is -2.31. The summed E-state index contributed by atoms with van der Waals surface area (Å²) in [6.45, 7) is 7.39. The second kappa shape index (κ2) is 10.2. The zero-order valence-electron chi connectivity index (χ0n) is 19.3. The smallest absolute Gasteiger partial charge is 0.273 e. The number of carbonyl (C=O) groups is 1. The highest BCUT2D eigenvalue weighted by atomic mass is 35.5. The predicted molar refractivity (Wildman–Crippen MR) is 131 cm³/mol. The van der Waals surface area contributed by atoms with Gasteiger partial charge in [-0.2, -0.15) is 5.10 Å². The number of nitrogens with zero attached hydrogens (tertiary/aromatic N) is 3. The van der Waals surface area contributed by atoms with Crippen LogP contribution >= 0.6 is 11.6 Å². The van der Waals surface area contributed by atoms with Crippen molar-refractivity contribution in [3.63, 3.8) is 0 Å². The minimum Gasteiger partial charge on any atom is -0.494 e. The van der Waals surface area contributed by atoms with Gasteiger partial charge in [-0.05, 0) is 36.2 Å². The molecular formula is C26H29ClN4O3. The van der Waals surface area contributed by atoms with Crippen LogP contribution in [0.25, 0.3) is 11.3 Å². The second-order valence-corrected chi connectivity index (χ2v) is 9.08. The Morgan fingerprint density at radius 2 is 1.94 bits per heavy atom. The molecule has 5 rings (SSSR count). The zero-order valence-corrected chi connectivity index (χ0v) is 20.1. The molecule has 1 N–H and O–H groups in total. The number of carbonyl (C=O) groups excluding carboxylic acids is 1. The van der Waals surface area contributed by atoms with Crippen molar-refractivity contribution in [2.24, 2.45) is 0 Å². The van der Waals surface area contributed by atoms with Gasteiger partial charge in [-0.25, -0.2) is 0 Å². The Morgan fingerprint density at radius 1 is 1.15 bits per heavy atom. The molecule has 7 nitrogen and oxygen atoms in total. The van der Waals surface area contributed by atoms with Crippen molar-refractivity contribution in [2.45, 2.75) is 19.4 Å². The van der Waals surface area contributed by atoms with E-state index in [1.165, 1.54) is 0 Å². The maximum atomic E-state index is 13.6. The molecule has 34 heavy (non-hydrogen) atoms. The third-order valence-electron chi connectivity index (χ3n) is 6.39. The summed E-state index contributed by atoms with van der Waals surface area (Å²) in [6.07, 6.45) is 0.935. The number of benzene rings is 2. The molecule has 2 aromatic carbocycles. The Balaban J connectivity index is 1.52. The van der Waals surface area contributed by atoms with Gasteiger partial charge in [-0.3, -0.25) is 14.8 Å². The lowest BCUT2D eigenvalue weighted by atomic mass is 9.96. The van der Waals surface area contributed by atoms with E-state index in [1.807, 2.05) is 47.4 Å². The van der Waals surface area contributed by atoms with Crippen LogP contribution in [0, 0.1) is 0 Å². The molecule has 0 bridgehead atoms. The number of rotatable bonds is 8. The number of morpholine rings is 1. The highest BCUT2D eigenvalue weighted by Gasteiger charge is 2.42. The lowest BCUT2D eigenvalue weighted by molar-refractivity contribution is 0.0316. The molecule has 1 atom stereocenters. The van der Waals surface area contributed by atoms with E-state index < -0.39 is 0 Å². The van der Waals surface area contributed by atoms with Gasteiger partial charge in [0.1, 0.15) is 11.4 Å². The van der Waals surface area contributed by atoms with Crippen molar-refractivity contribution in [3.05, 3.63) is 70.4 Å². The molecule has 1 aromatic heterocycles. The van der Waals surface area contributed by atoms with E-state index in [1.54, 1.807) is 0 Å². The first-order valence-corrected chi connectivity index (χ1v) is 12.2. The molecule has 2 aliphatic rings. The summed E-state index contributed by atoms with van der Waals surface area (Å²) in [5, 5.41) is 8.24. The summed E-state index contributed by atoms with van der Waals surface area (Å²) in [5.74, 6) is 0.783. The fourth-order valence-electron chi connectivity index (χ4n) is 4.67. The average molecular weight is 481 g/mol. The van der Waals surface area contributed by atoms with Crippen LogP contribution in [0.15, 0.2) is 48.5 Å². The minimum atomic E-state index is -0.252. The molecule has 0 saturated carbocycles. The number of hydrogen-bond donors (Lipinski definition) is 1. The first-order valence-electron chi connectivity index (χ1n) is 11.8. The van der Waals surface area contributed by atoms with Crippen LogP contribution < -0.4 is 4.74 Å². The molecule has 1 amide bonds. The summed E-state index contributed by atoms with van der Waals surface area (Å²) in [7, 11) is 0. The SMILES string of the molecule is CCCOc1cccc(C2c3c(-c4ccc(Cl)cc4)n[nH]c3C(=O)N2CCN2CCOCC2)c1. The third-order valence-corrected chi connectivity index (χ3v) is 6.64. The number of H-pyrrole nitrogens is 1. The number of fused-ring (bicyclic) bond motifs is 1. The van der Waals surface area contributed by atoms with E-state index in [9.17, 15) is 4.79 Å². The van der Waals surface area contributed by atoms with E-state index >= 15 is 0 Å². The fraction of sp³-hybridized carbons (Fsp3) is 0.385. The van der Waals surface area contributed by atoms with Crippen LogP contribution in [-0.2, 0) is 4.74 Å². The normalized spacial score (nSPS) is 18.4. The molecule has 1 saturated heterocycles. The van der Waals surface area contributed by atoms with Crippen LogP contribution in [0.3, 0.4) is 0 Å². The van der Waals surface area contributed by atoms with Crippen molar-refractivity contribution in [3.8, 4) is 17.0 Å². The standard InChI is InChI=1S/C26H29ClN4O3/c1-2-14-34-21-5-3-4-19(17-21)25-22-23(18-6-8-20(27)9-7-18)28-29-24(22)26(32)31(25)11-10-30-12-15-33-16-13-30/h3-9,17,25H,2,10-16H2,1H3,(H,28,29). The lowest BCUT2D eigenvalue weighted by Crippen LogP contribution is -2.42. The Labute approximate surface area is 204 Å². The second-order valence-electron chi connectivity index (χ2n) is 8.64. The molecule has 0 spiro atoms. The average Bonchev–Trinajstić information content (AvgIpc) is 3.41. The van der Waals surface area contributed by atoms with Gasteiger partial charge >= 0.3 is 0 Å². The molecule has 178 valence electrons. The fourth-order valence-corrected chi connectivity index (χ4v) is 4.80. The molecule has 8 heteroatoms. The van der Waals surface area contributed by atoms with Crippen LogP contribution in [0.5, 0.6) is 5.75 Å². The zero-order chi connectivity index (χ0) is 23.5. The van der Waals surface area contributed by atoms with Gasteiger partial charge in [-0.15, -0.1) is 0 Å². The first-order chi connectivity index (χ1) is 16.7. The summed E-state index contributed by atoms with van der Waals surface area (Å²) in [6, 6.07) is 15.4. The van der Waals surface area contributed by atoms with E-state index in [2.05, 4.69) is 28.1 Å². The largest absolute Gasteiger partial charge is 0.494 e. The maximum absolute atomic E-state index is 13.6. The molecule has 3 heterocycles. The predicted octanol–water partition coefficient (Wildman–Crippen LogP) is 4.40. The van der Waals surface area contributed by atoms with Crippen LogP contribution in [0.1, 0.15) is 41.0 Å². The Kier molecular flexibility index (Phi) is 6.85. The molecule has 0 aliphatic carbocycles. The van der Waals surface area contributed by atoms with E-state index in [0.717, 1.165) is 67.4 Å². The molecule has 2 aliphatic heterocycles. The summed E-state index contributed by atoms with van der Waals surface area (Å²) in [5.41, 5.74) is 4.17. The number of halogens is 1. The van der Waals surface area contributed by atoms with Crippen molar-refractivity contribution >= 4 is 17.5 Å². The van der Waals surface area contributed by atoms with Gasteiger partial charge in [0, 0.05) is 42.3 Å². The van der Waals surface area contributed by atoms with Crippen molar-refractivity contribution in [1.29, 1.82) is 0 Å². The number of hydrogen-bond acceptors (Lipinski definition) is 5. The molecular weight excluding hydrogens is 452 g/mol. The summed E-state index contributed by atoms with van der Waals surface area (Å²) < 4.78 is 11.4. The van der Waals surface area contributed by atoms with Gasteiger partial charge in [0.25, 0.3) is 5.91 Å². The number of aromatic amines is 1. The van der Waals surface area contributed by atoms with E-state index in [-0.39, 0.29) is 11.9 Å². The Bertz CT molecular complexity index is 1140. The maximum Gasteiger partial charge on any atom is 0.273 e. The van der Waals surface area contributed by atoms with Crippen molar-refractivity contribution < 1.29 is 14.3 Å². The van der Waals surface area contributed by atoms with E-state index in [0.29, 0.717) is 23.9 Å². The minimum absolute atomic E-state index is 0.0270. The summed E-state index contributed by atoms with van der Waals surface area (Å²) in [4.78, 5) is 17.9. The summed E-state index contributed by atoms with van der Waals surface area (Å²) >= 11 is 6.12. The number of nitrogens with one attached hydrogen (secondary N) is 1. The van der Waals surface area contributed by atoms with Crippen molar-refractivity contribution in [1.82, 2.24) is 20.0 Å². The van der Waals surface area contributed by atoms with Gasteiger partial charge in [0.2, 0.25) is 0 Å². The van der Waals surface area contributed by atoms with Crippen LogP contribution in [-0.4, -0.2) is 71.9 Å². The molecule has 3 aromatic rings. The number of aromatic nitrogens is 2. The van der Waals surface area contributed by atoms with Gasteiger partial charge in [0.15, 0.2) is 0 Å². The third kappa shape index (κ3) is 4.56. The monoisotopic (exact) mass is 480 g/mol. The topological polar surface area (TPSA) is 70.7 Å². The number of amides is 1. The van der Waals surface area contributed by atoms with Gasteiger partial charge in [0.05, 0.1) is 31.6 Å². The molecule has 1 unspecified atom stereocenters. The Morgan fingerprint density at radius 3 is 2.71 bits per heavy atom.